The molecule has 0 bridgehead atoms. The van der Waals surface area contributed by atoms with Crippen LogP contribution in [0, 0.1) is 0 Å². The van der Waals surface area contributed by atoms with Crippen LogP contribution in [0.5, 0.6) is 0 Å². The van der Waals surface area contributed by atoms with E-state index >= 15 is 0 Å². The van der Waals surface area contributed by atoms with Crippen molar-refractivity contribution < 1.29 is 0 Å². The summed E-state index contributed by atoms with van der Waals surface area (Å²) >= 11 is 6.02. The summed E-state index contributed by atoms with van der Waals surface area (Å²) in [5.41, 5.74) is 2.21. The Balaban J connectivity index is 2.14. The van der Waals surface area contributed by atoms with Crippen molar-refractivity contribution in [1.82, 2.24) is 4.98 Å². The van der Waals surface area contributed by atoms with Gasteiger partial charge in [0, 0.05) is 31.0 Å². The van der Waals surface area contributed by atoms with Gasteiger partial charge in [0.05, 0.1) is 0 Å². The van der Waals surface area contributed by atoms with Crippen molar-refractivity contribution in [3.05, 3.63) is 59.4 Å². The predicted molar refractivity (Wildman–Crippen MR) is 67.8 cm³/mol. The lowest BCUT2D eigenvalue weighted by molar-refractivity contribution is 0.915. The first-order valence-corrected chi connectivity index (χ1v) is 5.51. The van der Waals surface area contributed by atoms with Crippen molar-refractivity contribution >= 4 is 17.3 Å². The molecule has 0 N–H and O–H groups in total. The molecule has 0 fully saturated rings. The molecule has 1 heterocycles. The molecule has 2 nitrogen and oxygen atoms in total. The van der Waals surface area contributed by atoms with Crippen LogP contribution in [0.1, 0.15) is 5.56 Å². The molecule has 0 saturated heterocycles. The monoisotopic (exact) mass is 232 g/mol. The molecule has 0 aliphatic rings. The highest BCUT2D eigenvalue weighted by Crippen LogP contribution is 2.18. The van der Waals surface area contributed by atoms with Gasteiger partial charge in [-0.2, -0.15) is 0 Å². The smallest absolute Gasteiger partial charge is 0.133 e. The van der Waals surface area contributed by atoms with Crippen molar-refractivity contribution in [1.29, 1.82) is 0 Å². The average molecular weight is 233 g/mol. The maximum absolute atomic E-state index is 6.02. The molecule has 0 aliphatic heterocycles. The highest BCUT2D eigenvalue weighted by Gasteiger charge is 2.04. The molecule has 0 aliphatic carbocycles. The van der Waals surface area contributed by atoms with Gasteiger partial charge >= 0.3 is 0 Å². The SMILES string of the molecule is CN(Cc1cccnc1Cl)c1ccccc1. The van der Waals surface area contributed by atoms with Crippen LogP contribution < -0.4 is 4.90 Å². The Hall–Kier alpha value is -1.54. The number of anilines is 1. The van der Waals surface area contributed by atoms with Crippen LogP contribution in [0.3, 0.4) is 0 Å². The lowest BCUT2D eigenvalue weighted by Gasteiger charge is -2.19. The molecule has 82 valence electrons. The lowest BCUT2D eigenvalue weighted by atomic mass is 10.2. The van der Waals surface area contributed by atoms with Crippen LogP contribution in [0.2, 0.25) is 5.15 Å². The van der Waals surface area contributed by atoms with E-state index in [-0.39, 0.29) is 0 Å². The van der Waals surface area contributed by atoms with E-state index in [1.54, 1.807) is 6.20 Å². The van der Waals surface area contributed by atoms with E-state index in [1.807, 2.05) is 37.4 Å². The number of halogens is 1. The molecule has 2 aromatic rings. The van der Waals surface area contributed by atoms with Crippen molar-refractivity contribution in [3.8, 4) is 0 Å². The summed E-state index contributed by atoms with van der Waals surface area (Å²) in [6.07, 6.45) is 1.70. The minimum Gasteiger partial charge on any atom is -0.370 e. The Labute approximate surface area is 101 Å². The summed E-state index contributed by atoms with van der Waals surface area (Å²) in [5, 5.41) is 0.574. The first kappa shape index (κ1) is 11.0. The third-order valence-corrected chi connectivity index (χ3v) is 2.78. The molecule has 0 unspecified atom stereocenters. The van der Waals surface area contributed by atoms with Gasteiger partial charge in [-0.05, 0) is 18.2 Å². The van der Waals surface area contributed by atoms with E-state index in [2.05, 4.69) is 22.0 Å². The van der Waals surface area contributed by atoms with E-state index < -0.39 is 0 Å². The van der Waals surface area contributed by atoms with E-state index in [4.69, 9.17) is 11.6 Å². The average Bonchev–Trinajstić information content (AvgIpc) is 2.33. The quantitative estimate of drug-likeness (QED) is 0.755. The lowest BCUT2D eigenvalue weighted by Crippen LogP contribution is -2.16. The van der Waals surface area contributed by atoms with Gasteiger partial charge < -0.3 is 4.90 Å². The van der Waals surface area contributed by atoms with Gasteiger partial charge in [0.2, 0.25) is 0 Å². The number of pyridine rings is 1. The number of rotatable bonds is 3. The predicted octanol–water partition coefficient (Wildman–Crippen LogP) is 3.37. The van der Waals surface area contributed by atoms with Crippen LogP contribution in [-0.4, -0.2) is 12.0 Å². The summed E-state index contributed by atoms with van der Waals surface area (Å²) in [5.74, 6) is 0. The summed E-state index contributed by atoms with van der Waals surface area (Å²) in [4.78, 5) is 6.21. The van der Waals surface area contributed by atoms with Crippen molar-refractivity contribution in [2.24, 2.45) is 0 Å². The molecule has 16 heavy (non-hydrogen) atoms. The third-order valence-electron chi connectivity index (χ3n) is 2.44. The Morgan fingerprint density at radius 3 is 2.56 bits per heavy atom. The molecular weight excluding hydrogens is 220 g/mol. The van der Waals surface area contributed by atoms with Gasteiger partial charge in [-0.25, -0.2) is 4.98 Å². The van der Waals surface area contributed by atoms with Gasteiger partial charge in [-0.15, -0.1) is 0 Å². The molecule has 0 atom stereocenters. The van der Waals surface area contributed by atoms with Crippen molar-refractivity contribution in [3.63, 3.8) is 0 Å². The van der Waals surface area contributed by atoms with Crippen LogP contribution in [0.4, 0.5) is 5.69 Å². The Kier molecular flexibility index (Phi) is 3.42. The molecule has 1 aromatic carbocycles. The summed E-state index contributed by atoms with van der Waals surface area (Å²) in [6, 6.07) is 14.1. The zero-order valence-corrected chi connectivity index (χ0v) is 9.85. The minimum absolute atomic E-state index is 0.574. The molecular formula is C13H13ClN2. The van der Waals surface area contributed by atoms with Gasteiger partial charge in [-0.1, -0.05) is 35.9 Å². The zero-order chi connectivity index (χ0) is 11.4. The molecule has 0 radical (unpaired) electrons. The van der Waals surface area contributed by atoms with Crippen LogP contribution in [-0.2, 0) is 6.54 Å². The van der Waals surface area contributed by atoms with Gasteiger partial charge in [0.1, 0.15) is 5.15 Å². The highest BCUT2D eigenvalue weighted by molar-refractivity contribution is 6.30. The molecule has 3 heteroatoms. The van der Waals surface area contributed by atoms with E-state index in [0.29, 0.717) is 5.15 Å². The van der Waals surface area contributed by atoms with Gasteiger partial charge in [-0.3, -0.25) is 0 Å². The summed E-state index contributed by atoms with van der Waals surface area (Å²) in [7, 11) is 2.04. The fourth-order valence-corrected chi connectivity index (χ4v) is 1.75. The summed E-state index contributed by atoms with van der Waals surface area (Å²) in [6.45, 7) is 0.761. The Bertz CT molecular complexity index is 456. The fourth-order valence-electron chi connectivity index (χ4n) is 1.57. The maximum atomic E-state index is 6.02. The summed E-state index contributed by atoms with van der Waals surface area (Å²) < 4.78 is 0. The number of aromatic nitrogens is 1. The number of hydrogen-bond acceptors (Lipinski definition) is 2. The van der Waals surface area contributed by atoms with Crippen molar-refractivity contribution in [2.45, 2.75) is 6.54 Å². The molecule has 2 rings (SSSR count). The topological polar surface area (TPSA) is 16.1 Å². The van der Waals surface area contributed by atoms with Crippen molar-refractivity contribution in [2.75, 3.05) is 11.9 Å². The second-order valence-corrected chi connectivity index (χ2v) is 4.00. The number of hydrogen-bond donors (Lipinski definition) is 0. The standard InChI is InChI=1S/C13H13ClN2/c1-16(12-7-3-2-4-8-12)10-11-6-5-9-15-13(11)14/h2-9H,10H2,1H3. The normalized spacial score (nSPS) is 10.1. The second-order valence-electron chi connectivity index (χ2n) is 3.64. The number of nitrogens with zero attached hydrogens (tertiary/aromatic N) is 2. The number of para-hydroxylation sites is 1. The van der Waals surface area contributed by atoms with E-state index in [0.717, 1.165) is 12.1 Å². The molecule has 0 spiro atoms. The fraction of sp³-hybridized carbons (Fsp3) is 0.154. The first-order chi connectivity index (χ1) is 7.77. The van der Waals surface area contributed by atoms with E-state index in [1.165, 1.54) is 5.69 Å². The first-order valence-electron chi connectivity index (χ1n) is 5.13. The van der Waals surface area contributed by atoms with Gasteiger partial charge in [0.25, 0.3) is 0 Å². The largest absolute Gasteiger partial charge is 0.370 e. The third kappa shape index (κ3) is 2.52. The maximum Gasteiger partial charge on any atom is 0.133 e. The van der Waals surface area contributed by atoms with Gasteiger partial charge in [0.15, 0.2) is 0 Å². The molecule has 1 aromatic heterocycles. The Morgan fingerprint density at radius 1 is 1.12 bits per heavy atom. The van der Waals surface area contributed by atoms with Crippen LogP contribution >= 0.6 is 11.6 Å². The number of benzene rings is 1. The zero-order valence-electron chi connectivity index (χ0n) is 9.10. The molecule has 0 saturated carbocycles. The Morgan fingerprint density at radius 2 is 1.88 bits per heavy atom. The van der Waals surface area contributed by atoms with Crippen LogP contribution in [0.15, 0.2) is 48.7 Å². The van der Waals surface area contributed by atoms with Crippen LogP contribution in [0.25, 0.3) is 0 Å². The second kappa shape index (κ2) is 4.99. The minimum atomic E-state index is 0.574. The molecule has 0 amide bonds. The van der Waals surface area contributed by atoms with E-state index in [9.17, 15) is 0 Å². The highest BCUT2D eigenvalue weighted by atomic mass is 35.5.